The molecule has 4 nitrogen and oxygen atoms in total. The molecule has 0 heterocycles. The SMILES string of the molecule is CC(C1CCCCC1)[C@@H]1CCC(Cc2ccccc2OCC(N)=O)C(=O)C1. The van der Waals surface area contributed by atoms with E-state index in [4.69, 9.17) is 10.5 Å². The molecule has 2 aliphatic carbocycles. The minimum absolute atomic E-state index is 0.0677. The molecule has 3 atom stereocenters. The highest BCUT2D eigenvalue weighted by Crippen LogP contribution is 2.40. The monoisotopic (exact) mass is 371 g/mol. The number of amides is 1. The standard InChI is InChI=1S/C23H33NO3/c1-16(17-7-3-2-4-8-17)18-11-12-19(21(25)14-18)13-20-9-5-6-10-22(20)27-15-23(24)26/h5-6,9-10,16-19H,2-4,7-8,11-15H2,1H3,(H2,24,26)/t16?,18-,19?/m1/s1. The number of primary amides is 1. The van der Waals surface area contributed by atoms with Gasteiger partial charge in [-0.15, -0.1) is 0 Å². The number of ether oxygens (including phenoxy) is 1. The zero-order valence-electron chi connectivity index (χ0n) is 16.5. The number of ketones is 1. The van der Waals surface area contributed by atoms with Crippen LogP contribution in [0.4, 0.5) is 0 Å². The Morgan fingerprint density at radius 3 is 2.56 bits per heavy atom. The molecule has 0 bridgehead atoms. The van der Waals surface area contributed by atoms with Gasteiger partial charge in [0, 0.05) is 12.3 Å². The summed E-state index contributed by atoms with van der Waals surface area (Å²) in [5.74, 6) is 2.69. The van der Waals surface area contributed by atoms with Crippen molar-refractivity contribution in [2.45, 2.75) is 64.7 Å². The van der Waals surface area contributed by atoms with E-state index in [2.05, 4.69) is 6.92 Å². The number of Topliss-reactive ketones (excluding diaryl/α,β-unsaturated/α-hetero) is 1. The van der Waals surface area contributed by atoms with Crippen molar-refractivity contribution >= 4 is 11.7 Å². The van der Waals surface area contributed by atoms with Gasteiger partial charge < -0.3 is 10.5 Å². The summed E-state index contributed by atoms with van der Waals surface area (Å²) in [5.41, 5.74) is 6.18. The Hall–Kier alpha value is -1.84. The Morgan fingerprint density at radius 1 is 1.11 bits per heavy atom. The molecule has 0 aromatic heterocycles. The van der Waals surface area contributed by atoms with E-state index in [-0.39, 0.29) is 12.5 Å². The van der Waals surface area contributed by atoms with Gasteiger partial charge in [-0.2, -0.15) is 0 Å². The van der Waals surface area contributed by atoms with Crippen LogP contribution in [-0.4, -0.2) is 18.3 Å². The number of hydrogen-bond acceptors (Lipinski definition) is 3. The molecule has 1 amide bonds. The zero-order chi connectivity index (χ0) is 19.2. The third-order valence-electron chi connectivity index (χ3n) is 6.75. The van der Waals surface area contributed by atoms with Gasteiger partial charge in [0.1, 0.15) is 11.5 Å². The minimum Gasteiger partial charge on any atom is -0.484 e. The second-order valence-electron chi connectivity index (χ2n) is 8.53. The lowest BCUT2D eigenvalue weighted by molar-refractivity contribution is -0.127. The van der Waals surface area contributed by atoms with Gasteiger partial charge in [-0.3, -0.25) is 9.59 Å². The molecular weight excluding hydrogens is 338 g/mol. The second kappa shape index (κ2) is 9.38. The number of nitrogens with two attached hydrogens (primary N) is 1. The quantitative estimate of drug-likeness (QED) is 0.777. The van der Waals surface area contributed by atoms with E-state index in [0.717, 1.165) is 30.7 Å². The summed E-state index contributed by atoms with van der Waals surface area (Å²) in [6, 6.07) is 7.66. The maximum atomic E-state index is 12.9. The molecule has 0 saturated heterocycles. The van der Waals surface area contributed by atoms with Crippen LogP contribution < -0.4 is 10.5 Å². The topological polar surface area (TPSA) is 69.4 Å². The van der Waals surface area contributed by atoms with E-state index >= 15 is 0 Å². The molecule has 2 aliphatic rings. The number of benzene rings is 1. The molecule has 1 aromatic carbocycles. The van der Waals surface area contributed by atoms with Crippen molar-refractivity contribution in [3.8, 4) is 5.75 Å². The molecular formula is C23H33NO3. The molecule has 1 aromatic rings. The van der Waals surface area contributed by atoms with Crippen molar-refractivity contribution in [3.05, 3.63) is 29.8 Å². The lowest BCUT2D eigenvalue weighted by atomic mass is 9.68. The summed E-state index contributed by atoms with van der Waals surface area (Å²) in [6.45, 7) is 2.25. The summed E-state index contributed by atoms with van der Waals surface area (Å²) in [5, 5.41) is 0. The van der Waals surface area contributed by atoms with Gasteiger partial charge in [0.15, 0.2) is 6.61 Å². The van der Waals surface area contributed by atoms with Crippen LogP contribution in [0.1, 0.15) is 63.9 Å². The zero-order valence-corrected chi connectivity index (χ0v) is 16.5. The molecule has 27 heavy (non-hydrogen) atoms. The molecule has 0 aliphatic heterocycles. The fraction of sp³-hybridized carbons (Fsp3) is 0.652. The predicted molar refractivity (Wildman–Crippen MR) is 106 cm³/mol. The molecule has 148 valence electrons. The van der Waals surface area contributed by atoms with Crippen molar-refractivity contribution in [1.29, 1.82) is 0 Å². The Bertz CT molecular complexity index is 651. The van der Waals surface area contributed by atoms with Crippen LogP contribution in [0.25, 0.3) is 0 Å². The van der Waals surface area contributed by atoms with Gasteiger partial charge in [0.2, 0.25) is 0 Å². The Kier molecular flexibility index (Phi) is 6.92. The van der Waals surface area contributed by atoms with Crippen LogP contribution in [0.5, 0.6) is 5.75 Å². The van der Waals surface area contributed by atoms with E-state index in [9.17, 15) is 9.59 Å². The van der Waals surface area contributed by atoms with E-state index < -0.39 is 5.91 Å². The molecule has 3 rings (SSSR count). The summed E-state index contributed by atoms with van der Waals surface area (Å²) < 4.78 is 5.53. The van der Waals surface area contributed by atoms with E-state index in [1.807, 2.05) is 24.3 Å². The predicted octanol–water partition coefficient (Wildman–Crippen LogP) is 4.30. The van der Waals surface area contributed by atoms with Crippen LogP contribution >= 0.6 is 0 Å². The lowest BCUT2D eigenvalue weighted by Gasteiger charge is -2.37. The van der Waals surface area contributed by atoms with Gasteiger partial charge >= 0.3 is 0 Å². The molecule has 2 fully saturated rings. The molecule has 0 spiro atoms. The number of carbonyl (C=O) groups excluding carboxylic acids is 2. The first-order valence-electron chi connectivity index (χ1n) is 10.6. The van der Waals surface area contributed by atoms with Crippen LogP contribution in [0.3, 0.4) is 0 Å². The summed E-state index contributed by atoms with van der Waals surface area (Å²) >= 11 is 0. The van der Waals surface area contributed by atoms with E-state index in [0.29, 0.717) is 29.8 Å². The highest BCUT2D eigenvalue weighted by molar-refractivity contribution is 5.82. The number of rotatable bonds is 7. The third-order valence-corrected chi connectivity index (χ3v) is 6.75. The van der Waals surface area contributed by atoms with Crippen molar-refractivity contribution in [1.82, 2.24) is 0 Å². The smallest absolute Gasteiger partial charge is 0.255 e. The van der Waals surface area contributed by atoms with Crippen LogP contribution in [-0.2, 0) is 16.0 Å². The molecule has 0 radical (unpaired) electrons. The van der Waals surface area contributed by atoms with Gasteiger partial charge in [0.05, 0.1) is 0 Å². The largest absolute Gasteiger partial charge is 0.484 e. The number of carbonyl (C=O) groups is 2. The highest BCUT2D eigenvalue weighted by Gasteiger charge is 2.34. The van der Waals surface area contributed by atoms with E-state index in [1.165, 1.54) is 32.1 Å². The van der Waals surface area contributed by atoms with Crippen LogP contribution in [0, 0.1) is 23.7 Å². The maximum absolute atomic E-state index is 12.9. The molecule has 2 unspecified atom stereocenters. The summed E-state index contributed by atoms with van der Waals surface area (Å²) in [7, 11) is 0. The fourth-order valence-corrected chi connectivity index (χ4v) is 5.04. The van der Waals surface area contributed by atoms with Crippen molar-refractivity contribution in [3.63, 3.8) is 0 Å². The molecule has 4 heteroatoms. The Balaban J connectivity index is 1.57. The maximum Gasteiger partial charge on any atom is 0.255 e. The van der Waals surface area contributed by atoms with Crippen molar-refractivity contribution < 1.29 is 14.3 Å². The average Bonchev–Trinajstić information content (AvgIpc) is 2.69. The van der Waals surface area contributed by atoms with Crippen molar-refractivity contribution in [2.75, 3.05) is 6.61 Å². The Labute approximate surface area is 162 Å². The fourth-order valence-electron chi connectivity index (χ4n) is 5.04. The van der Waals surface area contributed by atoms with Crippen LogP contribution in [0.15, 0.2) is 24.3 Å². The average molecular weight is 372 g/mol. The summed E-state index contributed by atoms with van der Waals surface area (Å²) in [4.78, 5) is 23.9. The van der Waals surface area contributed by atoms with Gasteiger partial charge in [-0.25, -0.2) is 0 Å². The second-order valence-corrected chi connectivity index (χ2v) is 8.53. The molecule has 2 N–H and O–H groups in total. The van der Waals surface area contributed by atoms with Gasteiger partial charge in [-0.1, -0.05) is 57.2 Å². The first-order chi connectivity index (χ1) is 13.0. The minimum atomic E-state index is -0.488. The first kappa shape index (κ1) is 19.9. The third kappa shape index (κ3) is 5.33. The van der Waals surface area contributed by atoms with Gasteiger partial charge in [-0.05, 0) is 48.6 Å². The highest BCUT2D eigenvalue weighted by atomic mass is 16.5. The van der Waals surface area contributed by atoms with Crippen molar-refractivity contribution in [2.24, 2.45) is 29.4 Å². The first-order valence-corrected chi connectivity index (χ1v) is 10.6. The van der Waals surface area contributed by atoms with E-state index in [1.54, 1.807) is 0 Å². The van der Waals surface area contributed by atoms with Gasteiger partial charge in [0.25, 0.3) is 5.91 Å². The lowest BCUT2D eigenvalue weighted by Crippen LogP contribution is -2.32. The number of hydrogen-bond donors (Lipinski definition) is 1. The molecule has 2 saturated carbocycles. The normalized spacial score (nSPS) is 25.1. The summed E-state index contributed by atoms with van der Waals surface area (Å²) in [6.07, 6.45) is 10.3. The van der Waals surface area contributed by atoms with Crippen LogP contribution in [0.2, 0.25) is 0 Å². The Morgan fingerprint density at radius 2 is 1.85 bits per heavy atom. The number of para-hydroxylation sites is 1.